The fourth-order valence-electron chi connectivity index (χ4n) is 1.40. The predicted molar refractivity (Wildman–Crippen MR) is 59.1 cm³/mol. The molecule has 0 amide bonds. The van der Waals surface area contributed by atoms with Crippen molar-refractivity contribution >= 4 is 12.3 Å². The Balaban J connectivity index is 3.42. The quantitative estimate of drug-likeness (QED) is 0.604. The lowest BCUT2D eigenvalue weighted by atomic mass is 10.0. The van der Waals surface area contributed by atoms with Crippen molar-refractivity contribution in [2.75, 3.05) is 6.61 Å². The van der Waals surface area contributed by atoms with Gasteiger partial charge in [-0.15, -0.1) is 0 Å². The topological polar surface area (TPSA) is 76.4 Å². The maximum absolute atomic E-state index is 12.3. The van der Waals surface area contributed by atoms with Gasteiger partial charge in [-0.1, -0.05) is 0 Å². The smallest absolute Gasteiger partial charge is 0.387 e. The van der Waals surface area contributed by atoms with Crippen LogP contribution in [0.2, 0.25) is 0 Å². The molecule has 0 bridgehead atoms. The Bertz CT molecular complexity index is 537. The van der Waals surface area contributed by atoms with E-state index in [-0.39, 0.29) is 17.7 Å². The Hall–Kier alpha value is -2.49. The van der Waals surface area contributed by atoms with Gasteiger partial charge >= 0.3 is 12.6 Å². The molecule has 0 saturated heterocycles. The van der Waals surface area contributed by atoms with Gasteiger partial charge in [-0.25, -0.2) is 4.79 Å². The summed E-state index contributed by atoms with van der Waals surface area (Å²) in [4.78, 5) is 22.3. The average molecular weight is 269 g/mol. The number of hydrogen-bond acceptors (Lipinski definition) is 5. The molecule has 0 atom stereocenters. The van der Waals surface area contributed by atoms with Gasteiger partial charge < -0.3 is 9.47 Å². The van der Waals surface area contributed by atoms with Gasteiger partial charge in [0.2, 0.25) is 0 Å². The second-order valence-electron chi connectivity index (χ2n) is 3.27. The molecule has 0 aromatic heterocycles. The van der Waals surface area contributed by atoms with Gasteiger partial charge in [0.05, 0.1) is 12.2 Å². The summed E-state index contributed by atoms with van der Waals surface area (Å²) in [6, 6.07) is 3.68. The van der Waals surface area contributed by atoms with E-state index < -0.39 is 23.9 Å². The normalized spacial score (nSPS) is 9.84. The summed E-state index contributed by atoms with van der Waals surface area (Å²) in [6.45, 7) is -1.66. The first-order chi connectivity index (χ1) is 9.03. The second kappa shape index (κ2) is 6.44. The Morgan fingerprint density at radius 3 is 2.68 bits per heavy atom. The van der Waals surface area contributed by atoms with E-state index in [4.69, 9.17) is 5.26 Å². The number of aldehydes is 1. The molecule has 19 heavy (non-hydrogen) atoms. The molecule has 5 nitrogen and oxygen atoms in total. The molecule has 1 aromatic rings. The van der Waals surface area contributed by atoms with E-state index in [1.165, 1.54) is 6.92 Å². The minimum absolute atomic E-state index is 0.00719. The fourth-order valence-corrected chi connectivity index (χ4v) is 1.40. The summed E-state index contributed by atoms with van der Waals surface area (Å²) in [6.07, 6.45) is 0.355. The summed E-state index contributed by atoms with van der Waals surface area (Å²) in [5.41, 5.74) is -0.741. The third-order valence-corrected chi connectivity index (χ3v) is 2.08. The molecule has 0 radical (unpaired) electrons. The zero-order valence-electron chi connectivity index (χ0n) is 9.85. The highest BCUT2D eigenvalue weighted by molar-refractivity contribution is 5.96. The Morgan fingerprint density at radius 1 is 1.53 bits per heavy atom. The van der Waals surface area contributed by atoms with Crippen LogP contribution in [-0.2, 0) is 4.74 Å². The lowest BCUT2D eigenvalue weighted by Crippen LogP contribution is -2.13. The number of halogens is 2. The van der Waals surface area contributed by atoms with E-state index in [1.807, 2.05) is 0 Å². The summed E-state index contributed by atoms with van der Waals surface area (Å²) >= 11 is 0. The van der Waals surface area contributed by atoms with Crippen molar-refractivity contribution in [1.29, 1.82) is 5.26 Å². The molecule has 0 aliphatic heterocycles. The molecule has 0 unspecified atom stereocenters. The molecule has 0 aliphatic carbocycles. The second-order valence-corrected chi connectivity index (χ2v) is 3.27. The number of carbonyl (C=O) groups excluding carboxylic acids is 2. The third kappa shape index (κ3) is 3.48. The van der Waals surface area contributed by atoms with Crippen molar-refractivity contribution in [1.82, 2.24) is 0 Å². The van der Waals surface area contributed by atoms with Gasteiger partial charge in [0.15, 0.2) is 0 Å². The van der Waals surface area contributed by atoms with Gasteiger partial charge in [-0.05, 0) is 19.1 Å². The SMILES string of the molecule is CCOC(=O)c1c(C#N)cc(C=O)cc1OC(F)F. The van der Waals surface area contributed by atoms with E-state index in [9.17, 15) is 18.4 Å². The molecular formula is C12H9F2NO4. The van der Waals surface area contributed by atoms with E-state index in [0.717, 1.165) is 12.1 Å². The van der Waals surface area contributed by atoms with Crippen molar-refractivity contribution in [3.63, 3.8) is 0 Å². The summed E-state index contributed by atoms with van der Waals surface area (Å²) in [7, 11) is 0. The molecule has 100 valence electrons. The third-order valence-electron chi connectivity index (χ3n) is 2.08. The summed E-state index contributed by atoms with van der Waals surface area (Å²) < 4.78 is 33.4. The van der Waals surface area contributed by atoms with E-state index in [1.54, 1.807) is 6.07 Å². The molecule has 1 rings (SSSR count). The summed E-state index contributed by atoms with van der Waals surface area (Å²) in [5, 5.41) is 8.90. The van der Waals surface area contributed by atoms with Crippen LogP contribution >= 0.6 is 0 Å². The molecule has 7 heteroatoms. The van der Waals surface area contributed by atoms with Gasteiger partial charge in [0, 0.05) is 5.56 Å². The molecule has 0 fully saturated rings. The molecule has 0 aliphatic rings. The Labute approximate surface area is 107 Å². The van der Waals surface area contributed by atoms with Gasteiger partial charge in [0.1, 0.15) is 23.7 Å². The monoisotopic (exact) mass is 269 g/mol. The highest BCUT2D eigenvalue weighted by atomic mass is 19.3. The standard InChI is InChI=1S/C12H9F2NO4/c1-2-18-11(17)10-8(5-15)3-7(6-16)4-9(10)19-12(13)14/h3-4,6,12H,2H2,1H3. The lowest BCUT2D eigenvalue weighted by molar-refractivity contribution is -0.0504. The van der Waals surface area contributed by atoms with Crippen LogP contribution < -0.4 is 4.74 Å². The van der Waals surface area contributed by atoms with Crippen molar-refractivity contribution in [2.45, 2.75) is 13.5 Å². The number of carbonyl (C=O) groups is 2. The maximum Gasteiger partial charge on any atom is 0.387 e. The van der Waals surface area contributed by atoms with Crippen molar-refractivity contribution in [3.05, 3.63) is 28.8 Å². The maximum atomic E-state index is 12.3. The van der Waals surface area contributed by atoms with Crippen molar-refractivity contribution < 1.29 is 27.8 Å². The zero-order valence-corrected chi connectivity index (χ0v) is 9.85. The predicted octanol–water partition coefficient (Wildman–Crippen LogP) is 2.15. The Kier molecular flexibility index (Phi) is 4.94. The van der Waals surface area contributed by atoms with Gasteiger partial charge in [-0.3, -0.25) is 4.79 Å². The highest BCUT2D eigenvalue weighted by Crippen LogP contribution is 2.26. The van der Waals surface area contributed by atoms with Crippen molar-refractivity contribution in [2.24, 2.45) is 0 Å². The number of esters is 1. The van der Waals surface area contributed by atoms with Crippen molar-refractivity contribution in [3.8, 4) is 11.8 Å². The van der Waals surface area contributed by atoms with Crippen LogP contribution in [0.3, 0.4) is 0 Å². The van der Waals surface area contributed by atoms with Crippen LogP contribution in [0, 0.1) is 11.3 Å². The van der Waals surface area contributed by atoms with E-state index >= 15 is 0 Å². The number of benzene rings is 1. The number of nitriles is 1. The van der Waals surface area contributed by atoms with Crippen LogP contribution in [0.5, 0.6) is 5.75 Å². The fraction of sp³-hybridized carbons (Fsp3) is 0.250. The van der Waals surface area contributed by atoms with Crippen LogP contribution in [0.25, 0.3) is 0 Å². The lowest BCUT2D eigenvalue weighted by Gasteiger charge is -2.12. The molecule has 0 N–H and O–H groups in total. The largest absolute Gasteiger partial charge is 0.462 e. The summed E-state index contributed by atoms with van der Waals surface area (Å²) in [5.74, 6) is -1.53. The molecule has 0 saturated carbocycles. The molecular weight excluding hydrogens is 260 g/mol. The highest BCUT2D eigenvalue weighted by Gasteiger charge is 2.22. The van der Waals surface area contributed by atoms with Crippen LogP contribution in [-0.4, -0.2) is 25.5 Å². The first kappa shape index (κ1) is 14.6. The first-order valence-corrected chi connectivity index (χ1v) is 5.18. The number of nitrogens with zero attached hydrogens (tertiary/aromatic N) is 1. The molecule has 1 aromatic carbocycles. The van der Waals surface area contributed by atoms with Gasteiger partial charge in [-0.2, -0.15) is 14.0 Å². The average Bonchev–Trinajstić information content (AvgIpc) is 2.37. The van der Waals surface area contributed by atoms with Crippen LogP contribution in [0.15, 0.2) is 12.1 Å². The minimum Gasteiger partial charge on any atom is -0.462 e. The zero-order chi connectivity index (χ0) is 14.4. The van der Waals surface area contributed by atoms with E-state index in [2.05, 4.69) is 9.47 Å². The van der Waals surface area contributed by atoms with Crippen LogP contribution in [0.1, 0.15) is 33.2 Å². The Morgan fingerprint density at radius 2 is 2.21 bits per heavy atom. The molecule has 0 heterocycles. The van der Waals surface area contributed by atoms with Crippen LogP contribution in [0.4, 0.5) is 8.78 Å². The molecule has 0 spiro atoms. The minimum atomic E-state index is -3.19. The van der Waals surface area contributed by atoms with E-state index in [0.29, 0.717) is 6.29 Å². The number of hydrogen-bond donors (Lipinski definition) is 0. The first-order valence-electron chi connectivity index (χ1n) is 5.18. The van der Waals surface area contributed by atoms with Gasteiger partial charge in [0.25, 0.3) is 0 Å². The number of ether oxygens (including phenoxy) is 2. The number of rotatable bonds is 5. The number of alkyl halides is 2.